The van der Waals surface area contributed by atoms with Crippen molar-refractivity contribution < 1.29 is 14.7 Å². The fourth-order valence-corrected chi connectivity index (χ4v) is 2.32. The highest BCUT2D eigenvalue weighted by atomic mass is 35.5. The number of nitrogens with one attached hydrogen (secondary N) is 1. The maximum absolute atomic E-state index is 12.1. The number of hydrogen-bond acceptors (Lipinski definition) is 3. The summed E-state index contributed by atoms with van der Waals surface area (Å²) in [6, 6.07) is 11.3. The van der Waals surface area contributed by atoms with E-state index in [4.69, 9.17) is 16.7 Å². The molecule has 108 valence electrons. The van der Waals surface area contributed by atoms with Gasteiger partial charge in [0.1, 0.15) is 0 Å². The molecule has 0 aliphatic carbocycles. The largest absolute Gasteiger partial charge is 0.478 e. The number of amides is 1. The van der Waals surface area contributed by atoms with E-state index in [2.05, 4.69) is 5.32 Å². The summed E-state index contributed by atoms with van der Waals surface area (Å²) in [4.78, 5) is 24.3. The van der Waals surface area contributed by atoms with Gasteiger partial charge in [0, 0.05) is 15.5 Å². The molecule has 0 fully saturated rings. The van der Waals surface area contributed by atoms with Gasteiger partial charge in [-0.2, -0.15) is 0 Å². The van der Waals surface area contributed by atoms with Gasteiger partial charge in [0.25, 0.3) is 5.91 Å². The van der Waals surface area contributed by atoms with Crippen LogP contribution in [0.5, 0.6) is 0 Å². The van der Waals surface area contributed by atoms with Gasteiger partial charge in [-0.3, -0.25) is 4.79 Å². The van der Waals surface area contributed by atoms with E-state index < -0.39 is 5.97 Å². The smallest absolute Gasteiger partial charge is 0.337 e. The molecule has 2 rings (SSSR count). The summed E-state index contributed by atoms with van der Waals surface area (Å²) in [7, 11) is 0. The Labute approximate surface area is 131 Å². The lowest BCUT2D eigenvalue weighted by Crippen LogP contribution is -2.14. The van der Waals surface area contributed by atoms with Gasteiger partial charge in [-0.1, -0.05) is 11.6 Å². The normalized spacial score (nSPS) is 10.2. The van der Waals surface area contributed by atoms with Gasteiger partial charge in [-0.15, -0.1) is 11.8 Å². The molecule has 0 heterocycles. The molecule has 0 spiro atoms. The van der Waals surface area contributed by atoms with Crippen LogP contribution in [0.2, 0.25) is 5.02 Å². The molecule has 0 atom stereocenters. The first-order chi connectivity index (χ1) is 10.0. The van der Waals surface area contributed by atoms with Gasteiger partial charge >= 0.3 is 5.97 Å². The first-order valence-corrected chi connectivity index (χ1v) is 7.60. The minimum atomic E-state index is -1.13. The van der Waals surface area contributed by atoms with Gasteiger partial charge in [0.2, 0.25) is 0 Å². The second-order valence-electron chi connectivity index (χ2n) is 4.18. The number of carbonyl (C=O) groups excluding carboxylic acids is 1. The summed E-state index contributed by atoms with van der Waals surface area (Å²) < 4.78 is 0. The van der Waals surface area contributed by atoms with Gasteiger partial charge in [-0.05, 0) is 48.7 Å². The van der Waals surface area contributed by atoms with Crippen molar-refractivity contribution in [3.05, 3.63) is 58.6 Å². The summed E-state index contributed by atoms with van der Waals surface area (Å²) in [6.07, 6.45) is 1.94. The van der Waals surface area contributed by atoms with Crippen molar-refractivity contribution >= 4 is 40.9 Å². The van der Waals surface area contributed by atoms with Crippen molar-refractivity contribution in [3.63, 3.8) is 0 Å². The van der Waals surface area contributed by atoms with Crippen LogP contribution < -0.4 is 5.32 Å². The van der Waals surface area contributed by atoms with Crippen LogP contribution in [0, 0.1) is 0 Å². The zero-order chi connectivity index (χ0) is 15.4. The molecule has 0 bridgehead atoms. The highest BCUT2D eigenvalue weighted by Crippen LogP contribution is 2.22. The Kier molecular flexibility index (Phi) is 4.88. The molecule has 2 aromatic carbocycles. The van der Waals surface area contributed by atoms with Crippen molar-refractivity contribution in [3.8, 4) is 0 Å². The second kappa shape index (κ2) is 6.65. The van der Waals surface area contributed by atoms with E-state index in [0.29, 0.717) is 10.6 Å². The second-order valence-corrected chi connectivity index (χ2v) is 5.49. The molecule has 4 nitrogen and oxygen atoms in total. The zero-order valence-corrected chi connectivity index (χ0v) is 12.7. The molecule has 0 aliphatic heterocycles. The van der Waals surface area contributed by atoms with Crippen LogP contribution in [0.1, 0.15) is 20.7 Å². The first kappa shape index (κ1) is 15.4. The van der Waals surface area contributed by atoms with E-state index in [1.54, 1.807) is 23.9 Å². The van der Waals surface area contributed by atoms with Crippen molar-refractivity contribution in [2.75, 3.05) is 11.6 Å². The molecule has 2 N–H and O–H groups in total. The van der Waals surface area contributed by atoms with Gasteiger partial charge in [0.05, 0.1) is 11.3 Å². The van der Waals surface area contributed by atoms with E-state index >= 15 is 0 Å². The molecule has 6 heteroatoms. The summed E-state index contributed by atoms with van der Waals surface area (Å²) in [6.45, 7) is 0. The highest BCUT2D eigenvalue weighted by molar-refractivity contribution is 7.98. The number of thioether (sulfide) groups is 1. The molecule has 2 aromatic rings. The average molecular weight is 322 g/mol. The number of carboxylic acids is 1. The zero-order valence-electron chi connectivity index (χ0n) is 11.1. The topological polar surface area (TPSA) is 66.4 Å². The van der Waals surface area contributed by atoms with Crippen LogP contribution in [0.3, 0.4) is 0 Å². The predicted molar refractivity (Wildman–Crippen MR) is 84.6 cm³/mol. The Morgan fingerprint density at radius 2 is 1.81 bits per heavy atom. The van der Waals surface area contributed by atoms with Crippen LogP contribution >= 0.6 is 23.4 Å². The number of benzene rings is 2. The maximum atomic E-state index is 12.1. The lowest BCUT2D eigenvalue weighted by molar-refractivity contribution is 0.0698. The van der Waals surface area contributed by atoms with Gasteiger partial charge in [-0.25, -0.2) is 4.79 Å². The third-order valence-corrected chi connectivity index (χ3v) is 3.79. The molecular weight excluding hydrogens is 310 g/mol. The van der Waals surface area contributed by atoms with Gasteiger partial charge < -0.3 is 10.4 Å². The number of carboxylic acid groups (broad SMARTS) is 1. The predicted octanol–water partition coefficient (Wildman–Crippen LogP) is 4.01. The fourth-order valence-electron chi connectivity index (χ4n) is 1.74. The van der Waals surface area contributed by atoms with Crippen molar-refractivity contribution in [1.82, 2.24) is 0 Å². The summed E-state index contributed by atoms with van der Waals surface area (Å²) in [5.74, 6) is -1.51. The highest BCUT2D eigenvalue weighted by Gasteiger charge is 2.14. The van der Waals surface area contributed by atoms with E-state index in [1.807, 2.05) is 18.4 Å². The third-order valence-electron chi connectivity index (χ3n) is 2.81. The monoisotopic (exact) mass is 321 g/mol. The van der Waals surface area contributed by atoms with E-state index in [0.717, 1.165) is 4.90 Å². The Morgan fingerprint density at radius 3 is 2.38 bits per heavy atom. The summed E-state index contributed by atoms with van der Waals surface area (Å²) in [5, 5.41) is 12.0. The van der Waals surface area contributed by atoms with Crippen LogP contribution in [-0.2, 0) is 0 Å². The van der Waals surface area contributed by atoms with E-state index in [9.17, 15) is 9.59 Å². The molecule has 0 radical (unpaired) electrons. The Bertz CT molecular complexity index is 686. The molecule has 0 saturated carbocycles. The van der Waals surface area contributed by atoms with Crippen LogP contribution in [0.4, 0.5) is 5.69 Å². The maximum Gasteiger partial charge on any atom is 0.337 e. The third kappa shape index (κ3) is 3.77. The SMILES string of the molecule is CSc1ccc(C(=O)Nc2cc(Cl)ccc2C(=O)O)cc1. The molecular formula is C15H12ClNO3S. The Hall–Kier alpha value is -1.98. The lowest BCUT2D eigenvalue weighted by atomic mass is 10.1. The number of rotatable bonds is 4. The molecule has 0 aromatic heterocycles. The standard InChI is InChI=1S/C15H12ClNO3S/c1-21-11-5-2-9(3-6-11)14(18)17-13-8-10(16)4-7-12(13)15(19)20/h2-8H,1H3,(H,17,18)(H,19,20). The number of halogens is 1. The van der Waals surface area contributed by atoms with Crippen LogP contribution in [0.25, 0.3) is 0 Å². The van der Waals surface area contributed by atoms with E-state index in [1.165, 1.54) is 18.2 Å². The Morgan fingerprint density at radius 1 is 1.14 bits per heavy atom. The molecule has 0 unspecified atom stereocenters. The Balaban J connectivity index is 2.26. The van der Waals surface area contributed by atoms with Crippen molar-refractivity contribution in [2.24, 2.45) is 0 Å². The van der Waals surface area contributed by atoms with E-state index in [-0.39, 0.29) is 17.2 Å². The average Bonchev–Trinajstić information content (AvgIpc) is 2.47. The molecule has 0 saturated heterocycles. The van der Waals surface area contributed by atoms with Crippen molar-refractivity contribution in [1.29, 1.82) is 0 Å². The van der Waals surface area contributed by atoms with Gasteiger partial charge in [0.15, 0.2) is 0 Å². The van der Waals surface area contributed by atoms with Crippen LogP contribution in [-0.4, -0.2) is 23.2 Å². The van der Waals surface area contributed by atoms with Crippen molar-refractivity contribution in [2.45, 2.75) is 4.90 Å². The number of carbonyl (C=O) groups is 2. The van der Waals surface area contributed by atoms with Crippen LogP contribution in [0.15, 0.2) is 47.4 Å². The first-order valence-electron chi connectivity index (χ1n) is 5.99. The molecule has 0 aliphatic rings. The molecule has 1 amide bonds. The number of hydrogen-bond donors (Lipinski definition) is 2. The lowest BCUT2D eigenvalue weighted by Gasteiger charge is -2.09. The minimum Gasteiger partial charge on any atom is -0.478 e. The minimum absolute atomic E-state index is 0.00603. The quantitative estimate of drug-likeness (QED) is 0.835. The molecule has 21 heavy (non-hydrogen) atoms. The number of anilines is 1. The fraction of sp³-hybridized carbons (Fsp3) is 0.0667. The summed E-state index contributed by atoms with van der Waals surface area (Å²) >= 11 is 7.42. The number of aromatic carboxylic acids is 1. The summed E-state index contributed by atoms with van der Waals surface area (Å²) in [5.41, 5.74) is 0.617.